The van der Waals surface area contributed by atoms with E-state index in [4.69, 9.17) is 24.2 Å². The van der Waals surface area contributed by atoms with Crippen molar-refractivity contribution in [2.45, 2.75) is 12.3 Å². The molecular weight excluding hydrogens is 356 g/mol. The number of ether oxygens (including phenoxy) is 4. The normalized spacial score (nSPS) is 11.4. The highest BCUT2D eigenvalue weighted by atomic mass is 16.5. The van der Waals surface area contributed by atoms with Gasteiger partial charge in [-0.25, -0.2) is 0 Å². The minimum atomic E-state index is -0.305. The average molecular weight is 378 g/mol. The maximum atomic E-state index is 9.46. The summed E-state index contributed by atoms with van der Waals surface area (Å²) in [7, 11) is 6.28. The van der Waals surface area contributed by atoms with Crippen molar-refractivity contribution in [1.82, 2.24) is 0 Å². The third kappa shape index (κ3) is 4.36. The lowest BCUT2D eigenvalue weighted by Crippen LogP contribution is -2.06. The van der Waals surface area contributed by atoms with E-state index < -0.39 is 0 Å². The van der Waals surface area contributed by atoms with Crippen molar-refractivity contribution in [3.8, 4) is 35.1 Å². The number of rotatable bonds is 8. The summed E-state index contributed by atoms with van der Waals surface area (Å²) >= 11 is 0. The minimum Gasteiger partial charge on any atom is -0.497 e. The maximum Gasteiger partial charge on any atom is 0.129 e. The lowest BCUT2D eigenvalue weighted by atomic mass is 9.86. The van der Waals surface area contributed by atoms with Gasteiger partial charge in [0.25, 0.3) is 0 Å². The van der Waals surface area contributed by atoms with Crippen molar-refractivity contribution in [2.24, 2.45) is 0 Å². The molecule has 6 nitrogen and oxygen atoms in total. The van der Waals surface area contributed by atoms with Crippen LogP contribution in [0.1, 0.15) is 29.0 Å². The summed E-state index contributed by atoms with van der Waals surface area (Å²) in [6.07, 6.45) is 3.25. The standard InChI is InChI=1S/C22H22N2O4/c1-25-16-7-8-18(21(13-16)27-3)17(9-11-24)19-12-15(6-5-10-23)20(26-2)14-22(19)28-4/h5-8,12-14,17H,9H2,1-4H3/b6-5-. The number of allylic oxidation sites excluding steroid dienone is 1. The second-order valence-corrected chi connectivity index (χ2v) is 5.82. The second kappa shape index (κ2) is 9.89. The molecule has 0 N–H and O–H groups in total. The maximum absolute atomic E-state index is 9.46. The van der Waals surface area contributed by atoms with E-state index in [9.17, 15) is 5.26 Å². The molecule has 1 unspecified atom stereocenters. The molecule has 28 heavy (non-hydrogen) atoms. The third-order valence-electron chi connectivity index (χ3n) is 4.41. The largest absolute Gasteiger partial charge is 0.497 e. The zero-order valence-electron chi connectivity index (χ0n) is 16.4. The Kier molecular flexibility index (Phi) is 7.30. The van der Waals surface area contributed by atoms with Crippen molar-refractivity contribution in [1.29, 1.82) is 10.5 Å². The lowest BCUT2D eigenvalue weighted by molar-refractivity contribution is 0.384. The molecule has 2 aromatic rings. The van der Waals surface area contributed by atoms with E-state index in [1.807, 2.05) is 24.3 Å². The molecule has 2 aromatic carbocycles. The van der Waals surface area contributed by atoms with Gasteiger partial charge in [-0.2, -0.15) is 10.5 Å². The van der Waals surface area contributed by atoms with Crippen LogP contribution >= 0.6 is 0 Å². The Bertz CT molecular complexity index is 939. The summed E-state index contributed by atoms with van der Waals surface area (Å²) in [5.74, 6) is 2.14. The van der Waals surface area contributed by atoms with Gasteiger partial charge < -0.3 is 18.9 Å². The van der Waals surface area contributed by atoms with Crippen molar-refractivity contribution < 1.29 is 18.9 Å². The van der Waals surface area contributed by atoms with Crippen LogP contribution in [0.2, 0.25) is 0 Å². The molecule has 0 fully saturated rings. The van der Waals surface area contributed by atoms with Crippen LogP contribution in [0.25, 0.3) is 6.08 Å². The summed E-state index contributed by atoms with van der Waals surface area (Å²) in [5.41, 5.74) is 2.35. The molecule has 6 heteroatoms. The zero-order chi connectivity index (χ0) is 20.5. The third-order valence-corrected chi connectivity index (χ3v) is 4.41. The van der Waals surface area contributed by atoms with Crippen molar-refractivity contribution in [2.75, 3.05) is 28.4 Å². The number of methoxy groups -OCH3 is 4. The highest BCUT2D eigenvalue weighted by Gasteiger charge is 2.24. The number of nitriles is 2. The topological polar surface area (TPSA) is 84.5 Å². The Morgan fingerprint density at radius 3 is 2.11 bits per heavy atom. The predicted molar refractivity (Wildman–Crippen MR) is 106 cm³/mol. The van der Waals surface area contributed by atoms with Crippen LogP contribution < -0.4 is 18.9 Å². The van der Waals surface area contributed by atoms with E-state index in [1.54, 1.807) is 46.6 Å². The smallest absolute Gasteiger partial charge is 0.129 e. The van der Waals surface area contributed by atoms with Crippen molar-refractivity contribution in [3.63, 3.8) is 0 Å². The van der Waals surface area contributed by atoms with E-state index >= 15 is 0 Å². The van der Waals surface area contributed by atoms with Crippen molar-refractivity contribution in [3.05, 3.63) is 53.1 Å². The van der Waals surface area contributed by atoms with E-state index in [0.717, 1.165) is 16.7 Å². The molecule has 1 atom stereocenters. The highest BCUT2D eigenvalue weighted by Crippen LogP contribution is 2.42. The average Bonchev–Trinajstić information content (AvgIpc) is 2.75. The van der Waals surface area contributed by atoms with E-state index in [0.29, 0.717) is 23.0 Å². The van der Waals surface area contributed by atoms with Gasteiger partial charge in [0.1, 0.15) is 23.0 Å². The predicted octanol–water partition coefficient (Wildman–Crippen LogP) is 4.30. The fraction of sp³-hybridized carbons (Fsp3) is 0.273. The fourth-order valence-electron chi connectivity index (χ4n) is 3.06. The molecule has 0 heterocycles. The quantitative estimate of drug-likeness (QED) is 0.637. The van der Waals surface area contributed by atoms with Crippen LogP contribution in [0.4, 0.5) is 0 Å². The first kappa shape index (κ1) is 20.7. The molecule has 0 amide bonds. The van der Waals surface area contributed by atoms with Crippen LogP contribution in [0.3, 0.4) is 0 Å². The number of hydrogen-bond donors (Lipinski definition) is 0. The summed E-state index contributed by atoms with van der Waals surface area (Å²) in [6.45, 7) is 0. The molecule has 144 valence electrons. The van der Waals surface area contributed by atoms with Crippen LogP contribution in [-0.2, 0) is 0 Å². The van der Waals surface area contributed by atoms with Gasteiger partial charge in [-0.1, -0.05) is 6.07 Å². The molecule has 0 saturated heterocycles. The van der Waals surface area contributed by atoms with Gasteiger partial charge in [0, 0.05) is 47.2 Å². The van der Waals surface area contributed by atoms with E-state index in [1.165, 1.54) is 6.08 Å². The van der Waals surface area contributed by atoms with Gasteiger partial charge in [-0.15, -0.1) is 0 Å². The molecule has 0 saturated carbocycles. The Morgan fingerprint density at radius 1 is 0.857 bits per heavy atom. The Balaban J connectivity index is 2.71. The Hall–Kier alpha value is -3.64. The first-order chi connectivity index (χ1) is 13.6. The number of nitrogens with zero attached hydrogens (tertiary/aromatic N) is 2. The molecule has 0 aromatic heterocycles. The second-order valence-electron chi connectivity index (χ2n) is 5.82. The zero-order valence-corrected chi connectivity index (χ0v) is 16.4. The first-order valence-corrected chi connectivity index (χ1v) is 8.54. The molecule has 0 spiro atoms. The van der Waals surface area contributed by atoms with Gasteiger partial charge in [0.15, 0.2) is 0 Å². The SMILES string of the molecule is COc1ccc(C(CC#N)c2cc(/C=C\C#N)c(OC)cc2OC)c(OC)c1. The van der Waals surface area contributed by atoms with Gasteiger partial charge >= 0.3 is 0 Å². The summed E-state index contributed by atoms with van der Waals surface area (Å²) in [4.78, 5) is 0. The van der Waals surface area contributed by atoms with Gasteiger partial charge in [-0.05, 0) is 18.2 Å². The Labute approximate surface area is 165 Å². The molecular formula is C22H22N2O4. The molecule has 0 aliphatic heterocycles. The van der Waals surface area contributed by atoms with Gasteiger partial charge in [0.05, 0.1) is 40.6 Å². The van der Waals surface area contributed by atoms with E-state index in [2.05, 4.69) is 6.07 Å². The van der Waals surface area contributed by atoms with Gasteiger partial charge in [0.2, 0.25) is 0 Å². The first-order valence-electron chi connectivity index (χ1n) is 8.54. The van der Waals surface area contributed by atoms with Gasteiger partial charge in [-0.3, -0.25) is 0 Å². The number of benzene rings is 2. The Morgan fingerprint density at radius 2 is 1.54 bits per heavy atom. The molecule has 0 aliphatic carbocycles. The van der Waals surface area contributed by atoms with Crippen molar-refractivity contribution >= 4 is 6.08 Å². The molecule has 0 aliphatic rings. The van der Waals surface area contributed by atoms with Crippen LogP contribution in [0.15, 0.2) is 36.4 Å². The molecule has 0 bridgehead atoms. The molecule has 2 rings (SSSR count). The van der Waals surface area contributed by atoms with Crippen LogP contribution in [0, 0.1) is 22.7 Å². The van der Waals surface area contributed by atoms with E-state index in [-0.39, 0.29) is 12.3 Å². The monoisotopic (exact) mass is 378 g/mol. The fourth-order valence-corrected chi connectivity index (χ4v) is 3.06. The highest BCUT2D eigenvalue weighted by molar-refractivity contribution is 5.64. The molecule has 0 radical (unpaired) electrons. The number of hydrogen-bond acceptors (Lipinski definition) is 6. The minimum absolute atomic E-state index is 0.215. The van der Waals surface area contributed by atoms with Crippen LogP contribution in [-0.4, -0.2) is 28.4 Å². The van der Waals surface area contributed by atoms with Crippen LogP contribution in [0.5, 0.6) is 23.0 Å². The summed E-state index contributed by atoms with van der Waals surface area (Å²) < 4.78 is 21.8. The lowest BCUT2D eigenvalue weighted by Gasteiger charge is -2.22. The summed E-state index contributed by atoms with van der Waals surface area (Å²) in [6, 6.07) is 13.3. The summed E-state index contributed by atoms with van der Waals surface area (Å²) in [5, 5.41) is 18.3.